The highest BCUT2D eigenvalue weighted by molar-refractivity contribution is 6.04. The molecule has 2 aromatic rings. The van der Waals surface area contributed by atoms with Crippen LogP contribution < -0.4 is 16.0 Å². The first-order valence-electron chi connectivity index (χ1n) is 6.80. The van der Waals surface area contributed by atoms with Crippen LogP contribution in [0.25, 0.3) is 0 Å². The Balaban J connectivity index is 1.77. The van der Waals surface area contributed by atoms with E-state index in [1.807, 2.05) is 24.3 Å². The zero-order chi connectivity index (χ0) is 15.5. The molecule has 4 N–H and O–H groups in total. The van der Waals surface area contributed by atoms with Gasteiger partial charge < -0.3 is 11.1 Å². The Labute approximate surface area is 125 Å². The van der Waals surface area contributed by atoms with E-state index in [2.05, 4.69) is 25.9 Å². The van der Waals surface area contributed by atoms with Gasteiger partial charge in [-0.2, -0.15) is 5.21 Å². The highest BCUT2D eigenvalue weighted by Crippen LogP contribution is 2.32. The Morgan fingerprint density at radius 1 is 1.41 bits per heavy atom. The second-order valence-electron chi connectivity index (χ2n) is 4.86. The maximum Gasteiger partial charge on any atom is 0.243 e. The number of nitrogens with two attached hydrogens (primary N) is 1. The summed E-state index contributed by atoms with van der Waals surface area (Å²) < 4.78 is 0. The molecule has 0 radical (unpaired) electrons. The van der Waals surface area contributed by atoms with E-state index in [-0.39, 0.29) is 24.9 Å². The Hall–Kier alpha value is -2.81. The first-order valence-corrected chi connectivity index (χ1v) is 6.80. The summed E-state index contributed by atoms with van der Waals surface area (Å²) in [6, 6.07) is 6.81. The van der Waals surface area contributed by atoms with Crippen LogP contribution in [0.3, 0.4) is 0 Å². The molecule has 0 aliphatic carbocycles. The second-order valence-corrected chi connectivity index (χ2v) is 4.86. The first kappa shape index (κ1) is 14.1. The minimum atomic E-state index is -0.611. The fraction of sp³-hybridized carbons (Fsp3) is 0.308. The Morgan fingerprint density at radius 3 is 2.95 bits per heavy atom. The molecule has 0 unspecified atom stereocenters. The van der Waals surface area contributed by atoms with Crippen LogP contribution in [0.2, 0.25) is 0 Å². The molecule has 0 saturated heterocycles. The number of tetrazole rings is 1. The van der Waals surface area contributed by atoms with Crippen LogP contribution in [-0.2, 0) is 22.6 Å². The molecule has 114 valence electrons. The lowest BCUT2D eigenvalue weighted by molar-refractivity contribution is -0.125. The third-order valence-corrected chi connectivity index (χ3v) is 3.53. The predicted molar refractivity (Wildman–Crippen MR) is 76.5 cm³/mol. The van der Waals surface area contributed by atoms with Crippen LogP contribution in [0, 0.1) is 0 Å². The molecule has 2 heterocycles. The molecular formula is C13H15N7O2. The van der Waals surface area contributed by atoms with Crippen LogP contribution in [0.15, 0.2) is 24.3 Å². The van der Waals surface area contributed by atoms with Gasteiger partial charge in [-0.05, 0) is 11.6 Å². The van der Waals surface area contributed by atoms with Crippen LogP contribution in [0.5, 0.6) is 0 Å². The molecule has 9 nitrogen and oxygen atoms in total. The van der Waals surface area contributed by atoms with Crippen molar-refractivity contribution in [2.45, 2.75) is 19.0 Å². The molecule has 0 bridgehead atoms. The van der Waals surface area contributed by atoms with Gasteiger partial charge in [0.25, 0.3) is 0 Å². The number of aromatic nitrogens is 4. The zero-order valence-corrected chi connectivity index (χ0v) is 11.7. The van der Waals surface area contributed by atoms with Crippen LogP contribution in [0.4, 0.5) is 5.69 Å². The van der Waals surface area contributed by atoms with Crippen molar-refractivity contribution in [2.24, 2.45) is 5.73 Å². The van der Waals surface area contributed by atoms with E-state index in [0.29, 0.717) is 12.2 Å². The van der Waals surface area contributed by atoms with Gasteiger partial charge in [0.15, 0.2) is 5.82 Å². The van der Waals surface area contributed by atoms with Gasteiger partial charge in [0.1, 0.15) is 6.04 Å². The van der Waals surface area contributed by atoms with Crippen molar-refractivity contribution >= 4 is 17.5 Å². The number of benzene rings is 1. The smallest absolute Gasteiger partial charge is 0.243 e. The summed E-state index contributed by atoms with van der Waals surface area (Å²) >= 11 is 0. The average molecular weight is 301 g/mol. The summed E-state index contributed by atoms with van der Waals surface area (Å²) in [5, 5.41) is 16.0. The van der Waals surface area contributed by atoms with Crippen molar-refractivity contribution in [3.05, 3.63) is 35.7 Å². The van der Waals surface area contributed by atoms with Crippen LogP contribution in [0.1, 0.15) is 11.4 Å². The van der Waals surface area contributed by atoms with E-state index >= 15 is 0 Å². The number of hydrogen-bond donors (Lipinski definition) is 3. The van der Waals surface area contributed by atoms with Crippen LogP contribution in [-0.4, -0.2) is 45.0 Å². The van der Waals surface area contributed by atoms with Crippen molar-refractivity contribution < 1.29 is 9.59 Å². The summed E-state index contributed by atoms with van der Waals surface area (Å²) in [6.07, 6.45) is 0.458. The van der Waals surface area contributed by atoms with E-state index in [1.165, 1.54) is 4.90 Å². The van der Waals surface area contributed by atoms with Gasteiger partial charge in [-0.1, -0.05) is 23.4 Å². The van der Waals surface area contributed by atoms with Crippen molar-refractivity contribution in [1.29, 1.82) is 0 Å². The lowest BCUT2D eigenvalue weighted by Gasteiger charge is -2.24. The fourth-order valence-corrected chi connectivity index (χ4v) is 2.54. The van der Waals surface area contributed by atoms with Crippen LogP contribution >= 0.6 is 0 Å². The molecule has 0 saturated carbocycles. The predicted octanol–water partition coefficient (Wildman–Crippen LogP) is -1.27. The standard InChI is InChI=1S/C13H15N7O2/c14-6-12(21)20-9-4-2-1-3-8(9)5-10(20)13(22)15-7-11-16-18-19-17-11/h1-4,10H,5-7,14H2,(H,15,22)(H,16,17,18,19)/t10-/m0/s1. The quantitative estimate of drug-likeness (QED) is 0.645. The minimum absolute atomic E-state index is 0.146. The number of hydrogen-bond acceptors (Lipinski definition) is 6. The molecule has 9 heteroatoms. The summed E-state index contributed by atoms with van der Waals surface area (Å²) in [5.74, 6) is -0.187. The van der Waals surface area contributed by atoms with Gasteiger partial charge in [-0.25, -0.2) is 0 Å². The minimum Gasteiger partial charge on any atom is -0.347 e. The van der Waals surface area contributed by atoms with E-state index in [4.69, 9.17) is 5.73 Å². The van der Waals surface area contributed by atoms with Crippen molar-refractivity contribution in [1.82, 2.24) is 25.9 Å². The van der Waals surface area contributed by atoms with Gasteiger partial charge in [-0.15, -0.1) is 10.2 Å². The van der Waals surface area contributed by atoms with E-state index in [9.17, 15) is 9.59 Å². The Bertz CT molecular complexity index is 685. The SMILES string of the molecule is NCC(=O)N1c2ccccc2C[C@H]1C(=O)NCc1nn[nH]n1. The number of aromatic amines is 1. The lowest BCUT2D eigenvalue weighted by atomic mass is 10.1. The third-order valence-electron chi connectivity index (χ3n) is 3.53. The zero-order valence-electron chi connectivity index (χ0n) is 11.7. The molecule has 3 rings (SSSR count). The first-order chi connectivity index (χ1) is 10.7. The molecule has 1 aromatic heterocycles. The second kappa shape index (κ2) is 5.90. The number of H-pyrrole nitrogens is 1. The summed E-state index contributed by atoms with van der Waals surface area (Å²) in [5.41, 5.74) is 7.15. The van der Waals surface area contributed by atoms with Gasteiger partial charge in [0, 0.05) is 12.1 Å². The summed E-state index contributed by atoms with van der Waals surface area (Å²) in [6.45, 7) is -0.00418. The Morgan fingerprint density at radius 2 is 2.23 bits per heavy atom. The molecule has 2 amide bonds. The number of nitrogens with one attached hydrogen (secondary N) is 2. The molecule has 0 spiro atoms. The molecule has 1 aliphatic heterocycles. The number of para-hydroxylation sites is 1. The van der Waals surface area contributed by atoms with Crippen molar-refractivity contribution in [3.8, 4) is 0 Å². The number of fused-ring (bicyclic) bond motifs is 1. The van der Waals surface area contributed by atoms with Gasteiger partial charge in [0.2, 0.25) is 11.8 Å². The highest BCUT2D eigenvalue weighted by atomic mass is 16.2. The average Bonchev–Trinajstić information content (AvgIpc) is 3.19. The number of amides is 2. The number of carbonyl (C=O) groups is 2. The maximum atomic E-state index is 12.4. The largest absolute Gasteiger partial charge is 0.347 e. The molecular weight excluding hydrogens is 286 g/mol. The van der Waals surface area contributed by atoms with Gasteiger partial charge in [-0.3, -0.25) is 14.5 Å². The number of nitrogens with zero attached hydrogens (tertiary/aromatic N) is 4. The van der Waals surface area contributed by atoms with E-state index in [0.717, 1.165) is 11.3 Å². The molecule has 0 fully saturated rings. The van der Waals surface area contributed by atoms with Gasteiger partial charge >= 0.3 is 0 Å². The summed E-state index contributed by atoms with van der Waals surface area (Å²) in [7, 11) is 0. The molecule has 1 aliphatic rings. The highest BCUT2D eigenvalue weighted by Gasteiger charge is 2.37. The van der Waals surface area contributed by atoms with E-state index < -0.39 is 6.04 Å². The van der Waals surface area contributed by atoms with Crippen molar-refractivity contribution in [3.63, 3.8) is 0 Å². The normalized spacial score (nSPS) is 16.4. The number of anilines is 1. The maximum absolute atomic E-state index is 12.4. The van der Waals surface area contributed by atoms with E-state index in [1.54, 1.807) is 0 Å². The third kappa shape index (κ3) is 2.53. The topological polar surface area (TPSA) is 130 Å². The molecule has 22 heavy (non-hydrogen) atoms. The van der Waals surface area contributed by atoms with Gasteiger partial charge in [0.05, 0.1) is 13.1 Å². The summed E-state index contributed by atoms with van der Waals surface area (Å²) in [4.78, 5) is 26.0. The number of carbonyl (C=O) groups excluding carboxylic acids is 2. The lowest BCUT2D eigenvalue weighted by Crippen LogP contribution is -2.49. The Kier molecular flexibility index (Phi) is 3.79. The fourth-order valence-electron chi connectivity index (χ4n) is 2.54. The molecule has 1 atom stereocenters. The monoisotopic (exact) mass is 301 g/mol. The van der Waals surface area contributed by atoms with Crippen molar-refractivity contribution in [2.75, 3.05) is 11.4 Å². The molecule has 1 aromatic carbocycles. The number of rotatable bonds is 4.